The third kappa shape index (κ3) is 1.57. The maximum absolute atomic E-state index is 13.7. The number of rotatable bonds is 1. The van der Waals surface area contributed by atoms with Crippen LogP contribution in [0.5, 0.6) is 0 Å². The molecule has 0 amide bonds. The van der Waals surface area contributed by atoms with Crippen LogP contribution in [-0.4, -0.2) is 0 Å². The molecule has 0 radical (unpaired) electrons. The average molecular weight is 228 g/mol. The van der Waals surface area contributed by atoms with Gasteiger partial charge in [0.05, 0.1) is 11.0 Å². The Bertz CT molecular complexity index is 461. The van der Waals surface area contributed by atoms with Crippen LogP contribution in [0, 0.1) is 18.2 Å². The van der Waals surface area contributed by atoms with Gasteiger partial charge in [0.25, 0.3) is 0 Å². The number of hydrogen-bond acceptors (Lipinski definition) is 0. The van der Waals surface area contributed by atoms with Gasteiger partial charge in [0.1, 0.15) is 5.82 Å². The zero-order chi connectivity index (χ0) is 12.0. The summed E-state index contributed by atoms with van der Waals surface area (Å²) in [6, 6.07) is 3.25. The normalized spacial score (nSPS) is 17.9. The van der Waals surface area contributed by atoms with Crippen molar-refractivity contribution in [2.75, 3.05) is 0 Å². The summed E-state index contributed by atoms with van der Waals surface area (Å²) in [7, 11) is 0. The molecule has 1 saturated carbocycles. The first-order valence-corrected chi connectivity index (χ1v) is 4.75. The van der Waals surface area contributed by atoms with Gasteiger partial charge >= 0.3 is 6.18 Å². The molecule has 16 heavy (non-hydrogen) atoms. The predicted octanol–water partition coefficient (Wildman–Crippen LogP) is 3.51. The molecular formula is C12H8F4. The molecule has 0 atom stereocenters. The molecule has 1 aromatic rings. The van der Waals surface area contributed by atoms with E-state index in [0.717, 1.165) is 6.07 Å². The van der Waals surface area contributed by atoms with E-state index >= 15 is 0 Å². The van der Waals surface area contributed by atoms with Crippen molar-refractivity contribution in [1.29, 1.82) is 0 Å². The molecule has 4 heteroatoms. The second-order valence-electron chi connectivity index (χ2n) is 3.89. The molecule has 1 fully saturated rings. The van der Waals surface area contributed by atoms with Gasteiger partial charge in [-0.05, 0) is 18.9 Å². The van der Waals surface area contributed by atoms with Crippen LogP contribution in [0.2, 0.25) is 0 Å². The summed E-state index contributed by atoms with van der Waals surface area (Å²) in [6.07, 6.45) is 1.64. The smallest absolute Gasteiger partial charge is 0.206 e. The van der Waals surface area contributed by atoms with E-state index in [1.165, 1.54) is 12.1 Å². The SMILES string of the molecule is C#CC1(c2cccc(C(F)(F)F)c2F)CC1. The van der Waals surface area contributed by atoms with E-state index in [-0.39, 0.29) is 5.56 Å². The fourth-order valence-electron chi connectivity index (χ4n) is 1.74. The van der Waals surface area contributed by atoms with Gasteiger partial charge in [0.15, 0.2) is 0 Å². The summed E-state index contributed by atoms with van der Waals surface area (Å²) in [5, 5.41) is 0. The maximum atomic E-state index is 13.7. The fourth-order valence-corrected chi connectivity index (χ4v) is 1.74. The zero-order valence-electron chi connectivity index (χ0n) is 8.24. The summed E-state index contributed by atoms with van der Waals surface area (Å²) < 4.78 is 51.0. The summed E-state index contributed by atoms with van der Waals surface area (Å²) >= 11 is 0. The van der Waals surface area contributed by atoms with E-state index in [1.54, 1.807) is 0 Å². The quantitative estimate of drug-likeness (QED) is 0.509. The number of alkyl halides is 3. The number of halogens is 4. The Morgan fingerprint density at radius 2 is 1.88 bits per heavy atom. The van der Waals surface area contributed by atoms with Crippen LogP contribution in [-0.2, 0) is 11.6 Å². The molecule has 0 saturated heterocycles. The van der Waals surface area contributed by atoms with E-state index in [4.69, 9.17) is 6.42 Å². The number of terminal acetylenes is 1. The van der Waals surface area contributed by atoms with Gasteiger partial charge in [0.2, 0.25) is 0 Å². The van der Waals surface area contributed by atoms with E-state index in [1.807, 2.05) is 0 Å². The number of benzene rings is 1. The summed E-state index contributed by atoms with van der Waals surface area (Å²) in [6.45, 7) is 0. The van der Waals surface area contributed by atoms with E-state index in [9.17, 15) is 17.6 Å². The summed E-state index contributed by atoms with van der Waals surface area (Å²) in [4.78, 5) is 0. The Morgan fingerprint density at radius 3 is 2.31 bits per heavy atom. The van der Waals surface area contributed by atoms with Crippen LogP contribution in [0.25, 0.3) is 0 Å². The molecule has 1 aliphatic carbocycles. The molecule has 1 aromatic carbocycles. The van der Waals surface area contributed by atoms with Crippen molar-refractivity contribution < 1.29 is 17.6 Å². The standard InChI is InChI=1S/C12H8F4/c1-2-11(6-7-11)8-4-3-5-9(10(8)13)12(14,15)16/h1,3-5H,6-7H2. The predicted molar refractivity (Wildman–Crippen MR) is 51.1 cm³/mol. The monoisotopic (exact) mass is 228 g/mol. The molecule has 84 valence electrons. The molecule has 0 aromatic heterocycles. The second-order valence-corrected chi connectivity index (χ2v) is 3.89. The Hall–Kier alpha value is -1.50. The van der Waals surface area contributed by atoms with E-state index < -0.39 is 23.0 Å². The van der Waals surface area contributed by atoms with Crippen LogP contribution < -0.4 is 0 Å². The molecule has 0 bridgehead atoms. The Labute approximate surface area is 90.3 Å². The lowest BCUT2D eigenvalue weighted by molar-refractivity contribution is -0.140. The van der Waals surface area contributed by atoms with Crippen LogP contribution in [0.15, 0.2) is 18.2 Å². The molecule has 2 rings (SSSR count). The molecule has 0 aliphatic heterocycles. The Balaban J connectivity index is 2.55. The van der Waals surface area contributed by atoms with Crippen LogP contribution >= 0.6 is 0 Å². The van der Waals surface area contributed by atoms with Crippen molar-refractivity contribution in [3.05, 3.63) is 35.1 Å². The highest BCUT2D eigenvalue weighted by molar-refractivity contribution is 5.44. The van der Waals surface area contributed by atoms with Gasteiger partial charge in [-0.15, -0.1) is 6.42 Å². The largest absolute Gasteiger partial charge is 0.419 e. The zero-order valence-corrected chi connectivity index (χ0v) is 8.24. The summed E-state index contributed by atoms with van der Waals surface area (Å²) in [5.41, 5.74) is -2.07. The topological polar surface area (TPSA) is 0 Å². The van der Waals surface area contributed by atoms with Crippen molar-refractivity contribution >= 4 is 0 Å². The van der Waals surface area contributed by atoms with Crippen molar-refractivity contribution in [2.24, 2.45) is 0 Å². The van der Waals surface area contributed by atoms with E-state index in [2.05, 4.69) is 5.92 Å². The molecule has 0 unspecified atom stereocenters. The van der Waals surface area contributed by atoms with Gasteiger partial charge in [-0.3, -0.25) is 0 Å². The first-order valence-electron chi connectivity index (χ1n) is 4.75. The highest BCUT2D eigenvalue weighted by Crippen LogP contribution is 2.49. The average Bonchev–Trinajstić information content (AvgIpc) is 2.97. The lowest BCUT2D eigenvalue weighted by atomic mass is 9.94. The van der Waals surface area contributed by atoms with Crippen LogP contribution in [0.4, 0.5) is 17.6 Å². The molecular weight excluding hydrogens is 220 g/mol. The maximum Gasteiger partial charge on any atom is 0.419 e. The summed E-state index contributed by atoms with van der Waals surface area (Å²) in [5.74, 6) is 1.15. The van der Waals surface area contributed by atoms with E-state index in [0.29, 0.717) is 12.8 Å². The lowest BCUT2D eigenvalue weighted by Gasteiger charge is -2.14. The van der Waals surface area contributed by atoms with Gasteiger partial charge in [-0.1, -0.05) is 18.1 Å². The van der Waals surface area contributed by atoms with Gasteiger partial charge in [0, 0.05) is 5.56 Å². The molecule has 0 N–H and O–H groups in total. The van der Waals surface area contributed by atoms with Crippen LogP contribution in [0.1, 0.15) is 24.0 Å². The minimum Gasteiger partial charge on any atom is -0.206 e. The van der Waals surface area contributed by atoms with Crippen molar-refractivity contribution in [1.82, 2.24) is 0 Å². The highest BCUT2D eigenvalue weighted by Gasteiger charge is 2.46. The van der Waals surface area contributed by atoms with Gasteiger partial charge in [-0.2, -0.15) is 13.2 Å². The first kappa shape index (κ1) is 11.0. The van der Waals surface area contributed by atoms with Crippen molar-refractivity contribution in [3.8, 4) is 12.3 Å². The lowest BCUT2D eigenvalue weighted by Crippen LogP contribution is -2.13. The van der Waals surface area contributed by atoms with Crippen LogP contribution in [0.3, 0.4) is 0 Å². The third-order valence-electron chi connectivity index (χ3n) is 2.85. The van der Waals surface area contributed by atoms with Crippen molar-refractivity contribution in [2.45, 2.75) is 24.4 Å². The van der Waals surface area contributed by atoms with Gasteiger partial charge < -0.3 is 0 Å². The second kappa shape index (κ2) is 3.24. The third-order valence-corrected chi connectivity index (χ3v) is 2.85. The van der Waals surface area contributed by atoms with Crippen molar-refractivity contribution in [3.63, 3.8) is 0 Å². The Morgan fingerprint density at radius 1 is 1.25 bits per heavy atom. The molecule has 0 nitrogen and oxygen atoms in total. The molecule has 0 heterocycles. The minimum atomic E-state index is -4.68. The minimum absolute atomic E-state index is 0.00942. The highest BCUT2D eigenvalue weighted by atomic mass is 19.4. The molecule has 0 spiro atoms. The fraction of sp³-hybridized carbons (Fsp3) is 0.333. The van der Waals surface area contributed by atoms with Gasteiger partial charge in [-0.25, -0.2) is 4.39 Å². The Kier molecular flexibility index (Phi) is 2.23. The molecule has 1 aliphatic rings. The number of hydrogen-bond donors (Lipinski definition) is 0. The first-order chi connectivity index (χ1) is 7.41.